The monoisotopic (exact) mass is 295 g/mol. The summed E-state index contributed by atoms with van der Waals surface area (Å²) in [4.78, 5) is 17.5. The highest BCUT2D eigenvalue weighted by Gasteiger charge is 2.31. The van der Waals surface area contributed by atoms with Crippen LogP contribution >= 0.6 is 0 Å². The van der Waals surface area contributed by atoms with E-state index in [1.165, 1.54) is 12.3 Å². The number of nitrogens with zero attached hydrogens (tertiary/aromatic N) is 2. The van der Waals surface area contributed by atoms with Gasteiger partial charge in [-0.1, -0.05) is 0 Å². The number of halogens is 1. The highest BCUT2D eigenvalue weighted by atomic mass is 19.1. The molecular weight excluding hydrogens is 273 g/mol. The Morgan fingerprint density at radius 1 is 1.52 bits per heavy atom. The van der Waals surface area contributed by atoms with Crippen molar-refractivity contribution in [2.45, 2.75) is 45.3 Å². The molecule has 0 aliphatic carbocycles. The van der Waals surface area contributed by atoms with Crippen LogP contribution in [0.5, 0.6) is 0 Å². The van der Waals surface area contributed by atoms with Crippen LogP contribution in [-0.2, 0) is 4.74 Å². The van der Waals surface area contributed by atoms with E-state index in [4.69, 9.17) is 4.74 Å². The van der Waals surface area contributed by atoms with E-state index in [0.717, 1.165) is 18.5 Å². The Bertz CT molecular complexity index is 485. The van der Waals surface area contributed by atoms with E-state index in [-0.39, 0.29) is 12.1 Å². The predicted molar refractivity (Wildman–Crippen MR) is 78.6 cm³/mol. The van der Waals surface area contributed by atoms with E-state index in [2.05, 4.69) is 10.3 Å². The minimum Gasteiger partial charge on any atom is -0.444 e. The quantitative estimate of drug-likeness (QED) is 0.871. The van der Waals surface area contributed by atoms with Crippen molar-refractivity contribution in [2.75, 3.05) is 18.4 Å². The number of nitrogens with one attached hydrogen (secondary N) is 1. The van der Waals surface area contributed by atoms with Crippen molar-refractivity contribution in [3.05, 3.63) is 24.3 Å². The molecule has 1 fully saturated rings. The summed E-state index contributed by atoms with van der Waals surface area (Å²) in [6.45, 7) is 6.89. The largest absolute Gasteiger partial charge is 0.444 e. The predicted octanol–water partition coefficient (Wildman–Crippen LogP) is 3.03. The Balaban J connectivity index is 1.90. The first-order valence-electron chi connectivity index (χ1n) is 7.20. The van der Waals surface area contributed by atoms with Gasteiger partial charge in [0.15, 0.2) is 0 Å². The summed E-state index contributed by atoms with van der Waals surface area (Å²) in [6.07, 6.45) is 3.07. The van der Waals surface area contributed by atoms with Crippen molar-refractivity contribution in [3.63, 3.8) is 0 Å². The molecule has 0 bridgehead atoms. The number of hydrogen-bond acceptors (Lipinski definition) is 4. The molecule has 0 radical (unpaired) electrons. The standard InChI is InChI=1S/C15H22FN3O2/c1-15(2,3)21-14(20)19-8-4-5-12(19)10-17-11-6-7-13(16)18-9-11/h6-7,9,12,17H,4-5,8,10H2,1-3H3. The Kier molecular flexibility index (Phi) is 4.65. The second-order valence-electron chi connectivity index (χ2n) is 6.22. The van der Waals surface area contributed by atoms with Gasteiger partial charge < -0.3 is 15.0 Å². The minimum absolute atomic E-state index is 0.0879. The lowest BCUT2D eigenvalue weighted by atomic mass is 10.2. The zero-order valence-electron chi connectivity index (χ0n) is 12.7. The van der Waals surface area contributed by atoms with Gasteiger partial charge in [0, 0.05) is 13.1 Å². The molecule has 6 heteroatoms. The molecule has 2 heterocycles. The molecule has 1 aliphatic heterocycles. The number of rotatable bonds is 3. The second kappa shape index (κ2) is 6.28. The number of amides is 1. The summed E-state index contributed by atoms with van der Waals surface area (Å²) >= 11 is 0. The van der Waals surface area contributed by atoms with Crippen LogP contribution in [0.25, 0.3) is 0 Å². The maximum atomic E-state index is 12.7. The maximum Gasteiger partial charge on any atom is 0.410 e. The van der Waals surface area contributed by atoms with E-state index in [1.54, 1.807) is 11.0 Å². The number of aromatic nitrogens is 1. The van der Waals surface area contributed by atoms with Crippen molar-refractivity contribution < 1.29 is 13.9 Å². The smallest absolute Gasteiger partial charge is 0.410 e. The molecule has 1 atom stereocenters. The van der Waals surface area contributed by atoms with Crippen molar-refractivity contribution in [1.82, 2.24) is 9.88 Å². The van der Waals surface area contributed by atoms with Gasteiger partial charge in [-0.05, 0) is 45.7 Å². The number of pyridine rings is 1. The maximum absolute atomic E-state index is 12.7. The van der Waals surface area contributed by atoms with Crippen molar-refractivity contribution >= 4 is 11.8 Å². The molecule has 0 saturated carbocycles. The first-order chi connectivity index (χ1) is 9.85. The van der Waals surface area contributed by atoms with Crippen molar-refractivity contribution in [3.8, 4) is 0 Å². The Morgan fingerprint density at radius 2 is 2.29 bits per heavy atom. The van der Waals surface area contributed by atoms with Crippen LogP contribution in [0.15, 0.2) is 18.3 Å². The number of anilines is 1. The highest BCUT2D eigenvalue weighted by molar-refractivity contribution is 5.69. The molecule has 1 amide bonds. The van der Waals surface area contributed by atoms with Gasteiger partial charge in [-0.15, -0.1) is 0 Å². The van der Waals surface area contributed by atoms with Crippen LogP contribution < -0.4 is 5.32 Å². The lowest BCUT2D eigenvalue weighted by Crippen LogP contribution is -2.42. The summed E-state index contributed by atoms with van der Waals surface area (Å²) in [5.41, 5.74) is 0.255. The van der Waals surface area contributed by atoms with Crippen LogP contribution in [0.2, 0.25) is 0 Å². The van der Waals surface area contributed by atoms with Gasteiger partial charge in [0.1, 0.15) is 5.60 Å². The molecule has 0 aromatic carbocycles. The summed E-state index contributed by atoms with van der Waals surface area (Å²) in [6, 6.07) is 3.03. The van der Waals surface area contributed by atoms with Crippen LogP contribution in [-0.4, -0.2) is 40.7 Å². The van der Waals surface area contributed by atoms with Gasteiger partial charge in [-0.25, -0.2) is 9.78 Å². The Hall–Kier alpha value is -1.85. The summed E-state index contributed by atoms with van der Waals surface area (Å²) < 4.78 is 18.2. The molecule has 116 valence electrons. The lowest BCUT2D eigenvalue weighted by Gasteiger charge is -2.28. The Labute approximate surface area is 124 Å². The van der Waals surface area contributed by atoms with Crippen molar-refractivity contribution in [2.24, 2.45) is 0 Å². The number of hydrogen-bond donors (Lipinski definition) is 1. The molecule has 1 N–H and O–H groups in total. The highest BCUT2D eigenvalue weighted by Crippen LogP contribution is 2.21. The van der Waals surface area contributed by atoms with E-state index in [9.17, 15) is 9.18 Å². The molecule has 2 rings (SSSR count). The molecule has 1 saturated heterocycles. The normalized spacial score (nSPS) is 18.7. The third kappa shape index (κ3) is 4.58. The molecule has 1 unspecified atom stereocenters. The molecule has 21 heavy (non-hydrogen) atoms. The van der Waals surface area contributed by atoms with Gasteiger partial charge >= 0.3 is 6.09 Å². The van der Waals surface area contributed by atoms with Crippen LogP contribution in [0.3, 0.4) is 0 Å². The van der Waals surface area contributed by atoms with E-state index in [0.29, 0.717) is 13.1 Å². The van der Waals surface area contributed by atoms with Gasteiger partial charge in [-0.2, -0.15) is 4.39 Å². The average Bonchev–Trinajstić information content (AvgIpc) is 2.84. The number of carbonyl (C=O) groups excluding carboxylic acids is 1. The number of likely N-dealkylation sites (tertiary alicyclic amines) is 1. The van der Waals surface area contributed by atoms with Crippen LogP contribution in [0.4, 0.5) is 14.9 Å². The second-order valence-corrected chi connectivity index (χ2v) is 6.22. The summed E-state index contributed by atoms with van der Waals surface area (Å²) in [5.74, 6) is -0.503. The molecular formula is C15H22FN3O2. The number of ether oxygens (including phenoxy) is 1. The molecule has 1 aromatic rings. The van der Waals surface area contributed by atoms with Crippen LogP contribution in [0.1, 0.15) is 33.6 Å². The van der Waals surface area contributed by atoms with E-state index in [1.807, 2.05) is 20.8 Å². The van der Waals surface area contributed by atoms with Gasteiger partial charge in [0.05, 0.1) is 17.9 Å². The summed E-state index contributed by atoms with van der Waals surface area (Å²) in [5, 5.41) is 3.18. The molecule has 1 aliphatic rings. The molecule has 5 nitrogen and oxygen atoms in total. The van der Waals surface area contributed by atoms with E-state index < -0.39 is 11.5 Å². The third-order valence-corrected chi connectivity index (χ3v) is 3.27. The summed E-state index contributed by atoms with van der Waals surface area (Å²) in [7, 11) is 0. The topological polar surface area (TPSA) is 54.5 Å². The first kappa shape index (κ1) is 15.5. The average molecular weight is 295 g/mol. The van der Waals surface area contributed by atoms with Gasteiger partial charge in [-0.3, -0.25) is 0 Å². The molecule has 0 spiro atoms. The zero-order chi connectivity index (χ0) is 15.5. The molecule has 1 aromatic heterocycles. The van der Waals surface area contributed by atoms with E-state index >= 15 is 0 Å². The van der Waals surface area contributed by atoms with Crippen molar-refractivity contribution in [1.29, 1.82) is 0 Å². The first-order valence-corrected chi connectivity index (χ1v) is 7.20. The fourth-order valence-electron chi connectivity index (χ4n) is 2.32. The SMILES string of the molecule is CC(C)(C)OC(=O)N1CCCC1CNc1ccc(F)nc1. The minimum atomic E-state index is -0.503. The van der Waals surface area contributed by atoms with Gasteiger partial charge in [0.2, 0.25) is 5.95 Å². The third-order valence-electron chi connectivity index (χ3n) is 3.27. The zero-order valence-corrected chi connectivity index (χ0v) is 12.7. The Morgan fingerprint density at radius 3 is 2.90 bits per heavy atom. The number of carbonyl (C=O) groups is 1. The van der Waals surface area contributed by atoms with Crippen LogP contribution in [0, 0.1) is 5.95 Å². The van der Waals surface area contributed by atoms with Gasteiger partial charge in [0.25, 0.3) is 0 Å². The fraction of sp³-hybridized carbons (Fsp3) is 0.600. The lowest BCUT2D eigenvalue weighted by molar-refractivity contribution is 0.0235. The fourth-order valence-corrected chi connectivity index (χ4v) is 2.32.